The lowest BCUT2D eigenvalue weighted by Gasteiger charge is -2.07. The monoisotopic (exact) mass is 354 g/mol. The maximum absolute atomic E-state index is 12.9. The van der Waals surface area contributed by atoms with Gasteiger partial charge in [-0.05, 0) is 37.3 Å². The van der Waals surface area contributed by atoms with E-state index < -0.39 is 5.97 Å². The van der Waals surface area contributed by atoms with Gasteiger partial charge in [-0.15, -0.1) is 0 Å². The highest BCUT2D eigenvalue weighted by Gasteiger charge is 2.19. The van der Waals surface area contributed by atoms with E-state index in [1.807, 2.05) is 79.7 Å². The second-order valence-electron chi connectivity index (χ2n) is 6.23. The van der Waals surface area contributed by atoms with Gasteiger partial charge in [-0.3, -0.25) is 0 Å². The third kappa shape index (κ3) is 3.65. The summed E-state index contributed by atoms with van der Waals surface area (Å²) in [5, 5.41) is 4.64. The van der Waals surface area contributed by atoms with E-state index in [-0.39, 0.29) is 0 Å². The normalized spacial score (nSPS) is 10.6. The second-order valence-corrected chi connectivity index (χ2v) is 6.23. The van der Waals surface area contributed by atoms with E-state index in [0.717, 1.165) is 22.5 Å². The molecule has 0 N–H and O–H groups in total. The first-order valence-electron chi connectivity index (χ1n) is 8.70. The molecule has 132 valence electrons. The number of benzene rings is 3. The van der Waals surface area contributed by atoms with Crippen LogP contribution in [-0.4, -0.2) is 15.7 Å². The molecule has 0 spiro atoms. The summed E-state index contributed by atoms with van der Waals surface area (Å²) in [6.07, 6.45) is 0. The van der Waals surface area contributed by atoms with Crippen molar-refractivity contribution in [3.05, 3.63) is 102 Å². The van der Waals surface area contributed by atoms with Crippen LogP contribution in [0.25, 0.3) is 16.9 Å². The van der Waals surface area contributed by atoms with E-state index in [4.69, 9.17) is 4.74 Å². The van der Waals surface area contributed by atoms with Crippen molar-refractivity contribution in [1.82, 2.24) is 9.78 Å². The molecule has 1 aromatic heterocycles. The van der Waals surface area contributed by atoms with Crippen LogP contribution in [0.3, 0.4) is 0 Å². The van der Waals surface area contributed by atoms with Gasteiger partial charge in [0.25, 0.3) is 0 Å². The summed E-state index contributed by atoms with van der Waals surface area (Å²) < 4.78 is 7.19. The van der Waals surface area contributed by atoms with Crippen molar-refractivity contribution >= 4 is 5.97 Å². The molecule has 4 heteroatoms. The molecule has 0 unspecified atom stereocenters. The van der Waals surface area contributed by atoms with Crippen molar-refractivity contribution < 1.29 is 9.53 Å². The topological polar surface area (TPSA) is 44.1 Å². The SMILES string of the molecule is Cc1ccc(OC(=O)c2cc(-c3ccccc3)nn2-c2ccccc2)cc1. The minimum Gasteiger partial charge on any atom is -0.422 e. The molecule has 0 atom stereocenters. The van der Waals surface area contributed by atoms with Gasteiger partial charge in [0.15, 0.2) is 5.69 Å². The Bertz CT molecular complexity index is 1050. The molecule has 0 aliphatic heterocycles. The lowest BCUT2D eigenvalue weighted by Crippen LogP contribution is -2.14. The van der Waals surface area contributed by atoms with Crippen LogP contribution < -0.4 is 4.74 Å². The van der Waals surface area contributed by atoms with E-state index in [0.29, 0.717) is 11.4 Å². The molecule has 0 radical (unpaired) electrons. The van der Waals surface area contributed by atoms with E-state index in [1.165, 1.54) is 0 Å². The zero-order chi connectivity index (χ0) is 18.6. The summed E-state index contributed by atoms with van der Waals surface area (Å²) in [4.78, 5) is 12.9. The molecule has 1 heterocycles. The number of para-hydroxylation sites is 1. The van der Waals surface area contributed by atoms with Crippen molar-refractivity contribution in [2.24, 2.45) is 0 Å². The van der Waals surface area contributed by atoms with Crippen LogP contribution in [0.1, 0.15) is 16.1 Å². The molecule has 3 aromatic carbocycles. The Balaban J connectivity index is 1.74. The van der Waals surface area contributed by atoms with Crippen molar-refractivity contribution in [1.29, 1.82) is 0 Å². The number of carbonyl (C=O) groups is 1. The highest BCUT2D eigenvalue weighted by atomic mass is 16.5. The molecule has 0 saturated carbocycles. The van der Waals surface area contributed by atoms with Crippen LogP contribution in [0.15, 0.2) is 91.0 Å². The first-order valence-corrected chi connectivity index (χ1v) is 8.70. The molecular weight excluding hydrogens is 336 g/mol. The number of nitrogens with zero attached hydrogens (tertiary/aromatic N) is 2. The Morgan fingerprint density at radius 3 is 2.15 bits per heavy atom. The highest BCUT2D eigenvalue weighted by molar-refractivity contribution is 5.91. The van der Waals surface area contributed by atoms with Gasteiger partial charge in [0.05, 0.1) is 11.4 Å². The maximum atomic E-state index is 12.9. The maximum Gasteiger partial charge on any atom is 0.362 e. The van der Waals surface area contributed by atoms with Crippen molar-refractivity contribution in [3.63, 3.8) is 0 Å². The van der Waals surface area contributed by atoms with Crippen LogP contribution >= 0.6 is 0 Å². The Labute approximate surface area is 157 Å². The third-order valence-corrected chi connectivity index (χ3v) is 4.22. The molecule has 0 aliphatic carbocycles. The van der Waals surface area contributed by atoms with E-state index in [9.17, 15) is 4.79 Å². The summed E-state index contributed by atoms with van der Waals surface area (Å²) in [5.74, 6) is 0.0602. The Kier molecular flexibility index (Phi) is 4.54. The number of carbonyl (C=O) groups excluding carboxylic acids is 1. The largest absolute Gasteiger partial charge is 0.422 e. The molecule has 0 bridgehead atoms. The third-order valence-electron chi connectivity index (χ3n) is 4.22. The van der Waals surface area contributed by atoms with E-state index in [1.54, 1.807) is 22.9 Å². The Hall–Kier alpha value is -3.66. The number of hydrogen-bond acceptors (Lipinski definition) is 3. The quantitative estimate of drug-likeness (QED) is 0.380. The standard InChI is InChI=1S/C23H18N2O2/c1-17-12-14-20(15-13-17)27-23(26)22-16-21(18-8-4-2-5-9-18)24-25(22)19-10-6-3-7-11-19/h2-16H,1H3. The van der Waals surface area contributed by atoms with Gasteiger partial charge in [-0.2, -0.15) is 5.10 Å². The number of aromatic nitrogens is 2. The van der Waals surface area contributed by atoms with Gasteiger partial charge >= 0.3 is 5.97 Å². The first-order chi connectivity index (χ1) is 13.2. The summed E-state index contributed by atoms with van der Waals surface area (Å²) in [6, 6.07) is 28.5. The molecule has 0 aliphatic rings. The van der Waals surface area contributed by atoms with Crippen LogP contribution in [0.2, 0.25) is 0 Å². The predicted octanol–water partition coefficient (Wildman–Crippen LogP) is 5.07. The molecule has 4 rings (SSSR count). The lowest BCUT2D eigenvalue weighted by molar-refractivity contribution is 0.0725. The highest BCUT2D eigenvalue weighted by Crippen LogP contribution is 2.23. The van der Waals surface area contributed by atoms with Gasteiger partial charge in [0.1, 0.15) is 5.75 Å². The minimum atomic E-state index is -0.447. The van der Waals surface area contributed by atoms with Crippen molar-refractivity contribution in [2.75, 3.05) is 0 Å². The fraction of sp³-hybridized carbons (Fsp3) is 0.0435. The van der Waals surface area contributed by atoms with E-state index >= 15 is 0 Å². The van der Waals surface area contributed by atoms with Crippen LogP contribution in [-0.2, 0) is 0 Å². The summed E-state index contributed by atoms with van der Waals surface area (Å²) >= 11 is 0. The molecule has 4 nitrogen and oxygen atoms in total. The number of rotatable bonds is 4. The zero-order valence-electron chi connectivity index (χ0n) is 14.9. The smallest absolute Gasteiger partial charge is 0.362 e. The Morgan fingerprint density at radius 1 is 0.852 bits per heavy atom. The fourth-order valence-electron chi connectivity index (χ4n) is 2.81. The van der Waals surface area contributed by atoms with Crippen molar-refractivity contribution in [3.8, 4) is 22.7 Å². The summed E-state index contributed by atoms with van der Waals surface area (Å²) in [7, 11) is 0. The minimum absolute atomic E-state index is 0.376. The number of hydrogen-bond donors (Lipinski definition) is 0. The number of aryl methyl sites for hydroxylation is 1. The lowest BCUT2D eigenvalue weighted by atomic mass is 10.1. The zero-order valence-corrected chi connectivity index (χ0v) is 14.9. The molecule has 0 amide bonds. The average Bonchev–Trinajstić information content (AvgIpc) is 3.17. The van der Waals surface area contributed by atoms with Crippen LogP contribution in [0.4, 0.5) is 0 Å². The second kappa shape index (κ2) is 7.30. The van der Waals surface area contributed by atoms with Gasteiger partial charge in [-0.25, -0.2) is 9.48 Å². The van der Waals surface area contributed by atoms with Crippen molar-refractivity contribution in [2.45, 2.75) is 6.92 Å². The number of ether oxygens (including phenoxy) is 1. The van der Waals surface area contributed by atoms with E-state index in [2.05, 4.69) is 5.10 Å². The van der Waals surface area contributed by atoms with Gasteiger partial charge in [-0.1, -0.05) is 66.2 Å². The summed E-state index contributed by atoms with van der Waals surface area (Å²) in [6.45, 7) is 1.99. The Morgan fingerprint density at radius 2 is 1.48 bits per heavy atom. The molecule has 4 aromatic rings. The first kappa shape index (κ1) is 16.8. The molecule has 27 heavy (non-hydrogen) atoms. The number of esters is 1. The molecule has 0 fully saturated rings. The fourth-order valence-corrected chi connectivity index (χ4v) is 2.81. The predicted molar refractivity (Wildman–Crippen MR) is 105 cm³/mol. The van der Waals surface area contributed by atoms with Gasteiger partial charge in [0.2, 0.25) is 0 Å². The van der Waals surface area contributed by atoms with Crippen LogP contribution in [0, 0.1) is 6.92 Å². The average molecular weight is 354 g/mol. The molecular formula is C23H18N2O2. The van der Waals surface area contributed by atoms with Gasteiger partial charge < -0.3 is 4.74 Å². The van der Waals surface area contributed by atoms with Gasteiger partial charge in [0, 0.05) is 5.56 Å². The molecule has 0 saturated heterocycles. The summed E-state index contributed by atoms with van der Waals surface area (Å²) in [5.41, 5.74) is 3.94. The van der Waals surface area contributed by atoms with Crippen LogP contribution in [0.5, 0.6) is 5.75 Å².